The number of hydrogen-bond acceptors (Lipinski definition) is 2. The van der Waals surface area contributed by atoms with Crippen LogP contribution in [0.3, 0.4) is 0 Å². The molecule has 3 heteroatoms. The molecule has 4 rings (SSSR count). The average Bonchev–Trinajstić information content (AvgIpc) is 3.21. The predicted molar refractivity (Wildman–Crippen MR) is 103 cm³/mol. The van der Waals surface area contributed by atoms with E-state index in [4.69, 9.17) is 11.6 Å². The van der Waals surface area contributed by atoms with Gasteiger partial charge in [-0.2, -0.15) is 0 Å². The summed E-state index contributed by atoms with van der Waals surface area (Å²) in [5.74, 6) is 0. The van der Waals surface area contributed by atoms with Gasteiger partial charge in [-0.05, 0) is 17.2 Å². The van der Waals surface area contributed by atoms with Crippen LogP contribution in [0.15, 0.2) is 97.3 Å². The highest BCUT2D eigenvalue weighted by atomic mass is 35.5. The van der Waals surface area contributed by atoms with Crippen molar-refractivity contribution in [2.24, 2.45) is 0 Å². The smallest absolute Gasteiger partial charge is 0.119 e. The molecule has 0 aromatic heterocycles. The summed E-state index contributed by atoms with van der Waals surface area (Å²) in [4.78, 5) is 2.30. The molecule has 3 aromatic rings. The number of halogens is 1. The van der Waals surface area contributed by atoms with E-state index in [2.05, 4.69) is 77.1 Å². The zero-order valence-electron chi connectivity index (χ0n) is 13.8. The Kier molecular flexibility index (Phi) is 4.21. The maximum absolute atomic E-state index is 6.72. The third-order valence-corrected chi connectivity index (χ3v) is 5.04. The van der Waals surface area contributed by atoms with E-state index >= 15 is 0 Å². The third-order valence-electron chi connectivity index (χ3n) is 4.71. The van der Waals surface area contributed by atoms with Crippen molar-refractivity contribution in [3.63, 3.8) is 0 Å². The Morgan fingerprint density at radius 3 is 1.84 bits per heavy atom. The van der Waals surface area contributed by atoms with Crippen LogP contribution in [0.1, 0.15) is 16.7 Å². The van der Waals surface area contributed by atoms with Crippen LogP contribution in [0, 0.1) is 0 Å². The van der Waals surface area contributed by atoms with E-state index in [0.29, 0.717) is 0 Å². The van der Waals surface area contributed by atoms with Gasteiger partial charge in [0, 0.05) is 23.0 Å². The summed E-state index contributed by atoms with van der Waals surface area (Å²) in [6.45, 7) is 0.717. The van der Waals surface area contributed by atoms with Crippen molar-refractivity contribution in [3.8, 4) is 0 Å². The topological polar surface area (TPSA) is 15.3 Å². The maximum atomic E-state index is 6.72. The monoisotopic (exact) mass is 346 g/mol. The van der Waals surface area contributed by atoms with Gasteiger partial charge in [-0.15, -0.1) is 0 Å². The molecule has 124 valence electrons. The molecule has 0 saturated heterocycles. The number of hydrogen-bond donors (Lipinski definition) is 1. The van der Waals surface area contributed by atoms with Gasteiger partial charge in [0.15, 0.2) is 0 Å². The van der Waals surface area contributed by atoms with Crippen molar-refractivity contribution in [3.05, 3.63) is 119 Å². The zero-order chi connectivity index (χ0) is 17.1. The van der Waals surface area contributed by atoms with Gasteiger partial charge in [-0.25, -0.2) is 0 Å². The fourth-order valence-electron chi connectivity index (χ4n) is 3.65. The van der Waals surface area contributed by atoms with Crippen LogP contribution in [0.25, 0.3) is 0 Å². The lowest BCUT2D eigenvalue weighted by Crippen LogP contribution is -2.46. The fraction of sp³-hybridized carbons (Fsp3) is 0.0909. The van der Waals surface area contributed by atoms with Crippen molar-refractivity contribution in [1.82, 2.24) is 10.2 Å². The first-order chi connectivity index (χ1) is 12.3. The molecule has 0 bridgehead atoms. The number of nitrogens with zero attached hydrogens (tertiary/aromatic N) is 1. The standard InChI is InChI=1S/C22H19ClN2/c23-21-14-8-7-13-20(21)22(25-16-15-24-17-25,18-9-3-1-4-10-18)19-11-5-2-6-12-19/h1-16,24H,17H2. The van der Waals surface area contributed by atoms with Crippen LogP contribution in [-0.4, -0.2) is 11.6 Å². The van der Waals surface area contributed by atoms with Crippen LogP contribution in [0.5, 0.6) is 0 Å². The Bertz CT molecular complexity index is 835. The highest BCUT2D eigenvalue weighted by Gasteiger charge is 2.42. The van der Waals surface area contributed by atoms with Crippen LogP contribution in [0.4, 0.5) is 0 Å². The largest absolute Gasteiger partial charge is 0.372 e. The summed E-state index contributed by atoms with van der Waals surface area (Å²) in [5, 5.41) is 4.07. The van der Waals surface area contributed by atoms with E-state index in [9.17, 15) is 0 Å². The molecule has 0 saturated carbocycles. The Balaban J connectivity index is 2.09. The molecule has 0 spiro atoms. The van der Waals surface area contributed by atoms with E-state index in [0.717, 1.165) is 17.3 Å². The summed E-state index contributed by atoms with van der Waals surface area (Å²) in [6.07, 6.45) is 4.08. The van der Waals surface area contributed by atoms with E-state index < -0.39 is 5.54 Å². The molecule has 0 atom stereocenters. The minimum atomic E-state index is -0.499. The molecule has 1 aliphatic rings. The van der Waals surface area contributed by atoms with Crippen molar-refractivity contribution < 1.29 is 0 Å². The van der Waals surface area contributed by atoms with Crippen molar-refractivity contribution >= 4 is 11.6 Å². The summed E-state index contributed by atoms with van der Waals surface area (Å²) in [6, 6.07) is 29.2. The Hall–Kier alpha value is -2.71. The molecule has 0 amide bonds. The Labute approximate surface area is 153 Å². The molecule has 0 aliphatic carbocycles. The molecular weight excluding hydrogens is 328 g/mol. The van der Waals surface area contributed by atoms with Crippen molar-refractivity contribution in [1.29, 1.82) is 0 Å². The first-order valence-corrected chi connectivity index (χ1v) is 8.74. The summed E-state index contributed by atoms with van der Waals surface area (Å²) in [5.41, 5.74) is 2.94. The van der Waals surface area contributed by atoms with Crippen LogP contribution < -0.4 is 5.32 Å². The number of rotatable bonds is 4. The lowest BCUT2D eigenvalue weighted by molar-refractivity contribution is 0.242. The first-order valence-electron chi connectivity index (χ1n) is 8.36. The predicted octanol–water partition coefficient (Wildman–Crippen LogP) is 4.97. The van der Waals surface area contributed by atoms with Gasteiger partial charge in [-0.3, -0.25) is 0 Å². The normalized spacial score (nSPS) is 13.7. The van der Waals surface area contributed by atoms with Crippen molar-refractivity contribution in [2.45, 2.75) is 5.54 Å². The molecule has 1 N–H and O–H groups in total. The molecule has 0 fully saturated rings. The Morgan fingerprint density at radius 2 is 1.32 bits per heavy atom. The van der Waals surface area contributed by atoms with E-state index in [1.54, 1.807) is 0 Å². The molecule has 2 nitrogen and oxygen atoms in total. The van der Waals surface area contributed by atoms with Crippen molar-refractivity contribution in [2.75, 3.05) is 6.67 Å². The molecule has 0 radical (unpaired) electrons. The minimum absolute atomic E-state index is 0.499. The summed E-state index contributed by atoms with van der Waals surface area (Å²) in [7, 11) is 0. The Morgan fingerprint density at radius 1 is 0.760 bits per heavy atom. The maximum Gasteiger partial charge on any atom is 0.119 e. The van der Waals surface area contributed by atoms with Gasteiger partial charge >= 0.3 is 0 Å². The van der Waals surface area contributed by atoms with Gasteiger partial charge < -0.3 is 10.2 Å². The van der Waals surface area contributed by atoms with Gasteiger partial charge in [0.1, 0.15) is 5.54 Å². The second-order valence-electron chi connectivity index (χ2n) is 6.07. The fourth-order valence-corrected chi connectivity index (χ4v) is 3.93. The van der Waals surface area contributed by atoms with Gasteiger partial charge in [0.2, 0.25) is 0 Å². The van der Waals surface area contributed by atoms with Gasteiger partial charge in [0.05, 0.1) is 6.67 Å². The lowest BCUT2D eigenvalue weighted by atomic mass is 9.76. The number of nitrogens with one attached hydrogen (secondary N) is 1. The molecule has 25 heavy (non-hydrogen) atoms. The van der Waals surface area contributed by atoms with E-state index in [-0.39, 0.29) is 0 Å². The van der Waals surface area contributed by atoms with Gasteiger partial charge in [0.25, 0.3) is 0 Å². The molecule has 0 unspecified atom stereocenters. The minimum Gasteiger partial charge on any atom is -0.372 e. The quantitative estimate of drug-likeness (QED) is 0.671. The average molecular weight is 347 g/mol. The highest BCUT2D eigenvalue weighted by Crippen LogP contribution is 2.45. The number of benzene rings is 3. The second-order valence-corrected chi connectivity index (χ2v) is 6.48. The SMILES string of the molecule is Clc1ccccc1C(c1ccccc1)(c1ccccc1)N1C=CNC1. The van der Waals surface area contributed by atoms with Crippen LogP contribution >= 0.6 is 11.6 Å². The molecule has 3 aromatic carbocycles. The van der Waals surface area contributed by atoms with E-state index in [1.807, 2.05) is 30.5 Å². The summed E-state index contributed by atoms with van der Waals surface area (Å²) >= 11 is 6.72. The molecule has 1 heterocycles. The van der Waals surface area contributed by atoms with Crippen LogP contribution in [0.2, 0.25) is 5.02 Å². The molecular formula is C22H19ClN2. The van der Waals surface area contributed by atoms with Crippen LogP contribution in [-0.2, 0) is 5.54 Å². The summed E-state index contributed by atoms with van der Waals surface area (Å²) < 4.78 is 0. The highest BCUT2D eigenvalue weighted by molar-refractivity contribution is 6.31. The third kappa shape index (κ3) is 2.59. The van der Waals surface area contributed by atoms with Gasteiger partial charge in [-0.1, -0.05) is 90.5 Å². The first kappa shape index (κ1) is 15.8. The zero-order valence-corrected chi connectivity index (χ0v) is 14.5. The molecule has 1 aliphatic heterocycles. The van der Waals surface area contributed by atoms with E-state index in [1.165, 1.54) is 11.1 Å². The lowest BCUT2D eigenvalue weighted by Gasteiger charge is -2.43. The second kappa shape index (κ2) is 6.66.